The van der Waals surface area contributed by atoms with Crippen LogP contribution in [0.25, 0.3) is 0 Å². The molecule has 0 bridgehead atoms. The topological polar surface area (TPSA) is 75.7 Å². The molecule has 0 aliphatic rings. The second kappa shape index (κ2) is 9.52. The summed E-state index contributed by atoms with van der Waals surface area (Å²) in [5, 5.41) is 2.78. The van der Waals surface area contributed by atoms with Crippen LogP contribution in [-0.4, -0.2) is 38.3 Å². The van der Waals surface area contributed by atoms with E-state index in [1.807, 2.05) is 32.9 Å². The molecule has 0 saturated heterocycles. The number of hydrogen-bond acceptors (Lipinski definition) is 4. The van der Waals surface area contributed by atoms with Gasteiger partial charge in [-0.2, -0.15) is 4.31 Å². The molecule has 1 N–H and O–H groups in total. The summed E-state index contributed by atoms with van der Waals surface area (Å²) < 4.78 is 32.3. The van der Waals surface area contributed by atoms with Crippen LogP contribution in [0.2, 0.25) is 0 Å². The van der Waals surface area contributed by atoms with Gasteiger partial charge in [-0.05, 0) is 56.7 Å². The predicted molar refractivity (Wildman–Crippen MR) is 111 cm³/mol. The van der Waals surface area contributed by atoms with E-state index in [2.05, 4.69) is 11.9 Å². The zero-order chi connectivity index (χ0) is 20.7. The van der Waals surface area contributed by atoms with E-state index in [9.17, 15) is 13.2 Å². The van der Waals surface area contributed by atoms with Gasteiger partial charge in [0, 0.05) is 12.2 Å². The van der Waals surface area contributed by atoms with Gasteiger partial charge in [-0.15, -0.1) is 6.58 Å². The number of aryl methyl sites for hydroxylation is 2. The van der Waals surface area contributed by atoms with Crippen molar-refractivity contribution in [1.29, 1.82) is 0 Å². The molecule has 0 aliphatic heterocycles. The fourth-order valence-electron chi connectivity index (χ4n) is 2.72. The molecule has 0 heterocycles. The Balaban J connectivity index is 2.18. The Kier molecular flexibility index (Phi) is 7.37. The van der Waals surface area contributed by atoms with Crippen molar-refractivity contribution in [2.75, 3.05) is 25.0 Å². The molecule has 7 heteroatoms. The Hall–Kier alpha value is -2.64. The molecule has 0 fully saturated rings. The van der Waals surface area contributed by atoms with Crippen molar-refractivity contribution in [2.45, 2.75) is 25.7 Å². The number of ether oxygens (including phenoxy) is 1. The summed E-state index contributed by atoms with van der Waals surface area (Å²) in [6.45, 7) is 9.52. The van der Waals surface area contributed by atoms with Crippen molar-refractivity contribution in [3.8, 4) is 5.75 Å². The van der Waals surface area contributed by atoms with E-state index in [1.54, 1.807) is 18.2 Å². The zero-order valence-electron chi connectivity index (χ0n) is 16.4. The first-order chi connectivity index (χ1) is 13.3. The second-order valence-corrected chi connectivity index (χ2v) is 8.30. The molecule has 0 saturated carbocycles. The third-order valence-electron chi connectivity index (χ3n) is 4.08. The lowest BCUT2D eigenvalue weighted by molar-refractivity contribution is -0.116. The smallest absolute Gasteiger partial charge is 0.243 e. The number of carbonyl (C=O) groups excluding carboxylic acids is 1. The van der Waals surface area contributed by atoms with Crippen LogP contribution < -0.4 is 10.1 Å². The van der Waals surface area contributed by atoms with Gasteiger partial charge < -0.3 is 10.1 Å². The molecule has 0 aromatic heterocycles. The SMILES string of the molecule is C=CCN(CC(=O)Nc1ccc(C)cc1C)S(=O)(=O)c1ccc(OCC)cc1. The summed E-state index contributed by atoms with van der Waals surface area (Å²) in [6.07, 6.45) is 1.45. The average molecular weight is 403 g/mol. The van der Waals surface area contributed by atoms with Gasteiger partial charge in [0.15, 0.2) is 0 Å². The number of carbonyl (C=O) groups is 1. The van der Waals surface area contributed by atoms with E-state index < -0.39 is 15.9 Å². The normalized spacial score (nSPS) is 11.3. The first-order valence-corrected chi connectivity index (χ1v) is 10.4. The molecule has 2 rings (SSSR count). The summed E-state index contributed by atoms with van der Waals surface area (Å²) in [5.41, 5.74) is 2.66. The third-order valence-corrected chi connectivity index (χ3v) is 5.91. The monoisotopic (exact) mass is 402 g/mol. The van der Waals surface area contributed by atoms with Crippen molar-refractivity contribution < 1.29 is 17.9 Å². The Morgan fingerprint density at radius 3 is 2.43 bits per heavy atom. The van der Waals surface area contributed by atoms with Crippen molar-refractivity contribution in [3.05, 3.63) is 66.2 Å². The van der Waals surface area contributed by atoms with E-state index in [0.717, 1.165) is 15.4 Å². The number of anilines is 1. The minimum Gasteiger partial charge on any atom is -0.494 e. The fourth-order valence-corrected chi connectivity index (χ4v) is 4.09. The molecule has 0 radical (unpaired) electrons. The Morgan fingerprint density at radius 2 is 1.86 bits per heavy atom. The van der Waals surface area contributed by atoms with Gasteiger partial charge in [-0.1, -0.05) is 23.8 Å². The number of amides is 1. The summed E-state index contributed by atoms with van der Waals surface area (Å²) >= 11 is 0. The van der Waals surface area contributed by atoms with Gasteiger partial charge in [-0.25, -0.2) is 8.42 Å². The van der Waals surface area contributed by atoms with Crippen molar-refractivity contribution in [2.24, 2.45) is 0 Å². The van der Waals surface area contributed by atoms with Gasteiger partial charge in [-0.3, -0.25) is 4.79 Å². The molecule has 1 amide bonds. The number of sulfonamides is 1. The quantitative estimate of drug-likeness (QED) is 0.651. The van der Waals surface area contributed by atoms with Gasteiger partial charge in [0.25, 0.3) is 0 Å². The molecule has 28 heavy (non-hydrogen) atoms. The molecule has 0 atom stereocenters. The van der Waals surface area contributed by atoms with Crippen LogP contribution in [0.4, 0.5) is 5.69 Å². The zero-order valence-corrected chi connectivity index (χ0v) is 17.3. The largest absolute Gasteiger partial charge is 0.494 e. The van der Waals surface area contributed by atoms with E-state index >= 15 is 0 Å². The molecular formula is C21H26N2O4S. The third kappa shape index (κ3) is 5.43. The van der Waals surface area contributed by atoms with Crippen molar-refractivity contribution in [1.82, 2.24) is 4.31 Å². The van der Waals surface area contributed by atoms with Gasteiger partial charge >= 0.3 is 0 Å². The van der Waals surface area contributed by atoms with Crippen molar-refractivity contribution in [3.63, 3.8) is 0 Å². The number of rotatable bonds is 9. The summed E-state index contributed by atoms with van der Waals surface area (Å²) in [4.78, 5) is 12.6. The van der Waals surface area contributed by atoms with Crippen molar-refractivity contribution >= 4 is 21.6 Å². The fraction of sp³-hybridized carbons (Fsp3) is 0.286. The lowest BCUT2D eigenvalue weighted by atomic mass is 10.1. The van der Waals surface area contributed by atoms with Crippen LogP contribution in [0.15, 0.2) is 60.0 Å². The Bertz CT molecular complexity index is 937. The Labute approximate surface area is 166 Å². The highest BCUT2D eigenvalue weighted by molar-refractivity contribution is 7.89. The molecule has 150 valence electrons. The maximum atomic E-state index is 12.9. The second-order valence-electron chi connectivity index (χ2n) is 6.36. The molecule has 2 aromatic rings. The maximum absolute atomic E-state index is 12.9. The first kappa shape index (κ1) is 21.7. The summed E-state index contributed by atoms with van der Waals surface area (Å²) in [5.74, 6) is 0.174. The van der Waals surface area contributed by atoms with Crippen LogP contribution in [0.3, 0.4) is 0 Å². The highest BCUT2D eigenvalue weighted by atomic mass is 32.2. The van der Waals surface area contributed by atoms with E-state index in [4.69, 9.17) is 4.74 Å². The molecule has 0 aliphatic carbocycles. The number of nitrogens with zero attached hydrogens (tertiary/aromatic N) is 1. The van der Waals surface area contributed by atoms with E-state index in [0.29, 0.717) is 18.0 Å². The lowest BCUT2D eigenvalue weighted by Gasteiger charge is -2.21. The molecule has 0 spiro atoms. The minimum atomic E-state index is -3.85. The summed E-state index contributed by atoms with van der Waals surface area (Å²) in [7, 11) is -3.85. The highest BCUT2D eigenvalue weighted by Gasteiger charge is 2.26. The van der Waals surface area contributed by atoms with Crippen LogP contribution in [0, 0.1) is 13.8 Å². The van der Waals surface area contributed by atoms with E-state index in [1.165, 1.54) is 18.2 Å². The van der Waals surface area contributed by atoms with Crippen LogP contribution >= 0.6 is 0 Å². The highest BCUT2D eigenvalue weighted by Crippen LogP contribution is 2.20. The maximum Gasteiger partial charge on any atom is 0.243 e. The standard InChI is InChI=1S/C21H26N2O4S/c1-5-13-23(15-21(24)22-20-12-7-16(3)14-17(20)4)28(25,26)19-10-8-18(9-11-19)27-6-2/h5,7-12,14H,1,6,13,15H2,2-4H3,(H,22,24). The molecule has 0 unspecified atom stereocenters. The predicted octanol–water partition coefficient (Wildman–Crippen LogP) is 3.52. The van der Waals surface area contributed by atoms with E-state index in [-0.39, 0.29) is 18.0 Å². The lowest BCUT2D eigenvalue weighted by Crippen LogP contribution is -2.38. The minimum absolute atomic E-state index is 0.0237. The van der Waals surface area contributed by atoms with Gasteiger partial charge in [0.05, 0.1) is 18.0 Å². The number of hydrogen-bond donors (Lipinski definition) is 1. The molecule has 2 aromatic carbocycles. The summed E-state index contributed by atoms with van der Waals surface area (Å²) in [6, 6.07) is 11.8. The average Bonchev–Trinajstić information content (AvgIpc) is 2.64. The van der Waals surface area contributed by atoms with Crippen LogP contribution in [0.1, 0.15) is 18.1 Å². The Morgan fingerprint density at radius 1 is 1.18 bits per heavy atom. The molecule has 6 nitrogen and oxygen atoms in total. The van der Waals surface area contributed by atoms with Gasteiger partial charge in [0.2, 0.25) is 15.9 Å². The number of nitrogens with one attached hydrogen (secondary N) is 1. The van der Waals surface area contributed by atoms with Gasteiger partial charge in [0.1, 0.15) is 5.75 Å². The molecular weight excluding hydrogens is 376 g/mol. The first-order valence-electron chi connectivity index (χ1n) is 8.99. The van der Waals surface area contributed by atoms with Crippen LogP contribution in [0.5, 0.6) is 5.75 Å². The number of benzene rings is 2. The van der Waals surface area contributed by atoms with Crippen LogP contribution in [-0.2, 0) is 14.8 Å².